The van der Waals surface area contributed by atoms with Crippen molar-refractivity contribution in [1.29, 1.82) is 0 Å². The summed E-state index contributed by atoms with van der Waals surface area (Å²) in [6.45, 7) is 7.02. The smallest absolute Gasteiger partial charge is 0.161 e. The highest BCUT2D eigenvalue weighted by Crippen LogP contribution is 2.51. The lowest BCUT2D eigenvalue weighted by molar-refractivity contribution is -0.0612. The second-order valence-corrected chi connectivity index (χ2v) is 21.2. The second-order valence-electron chi connectivity index (χ2n) is 18.6. The minimum atomic E-state index is -1.04. The first kappa shape index (κ1) is 48.8. The van der Waals surface area contributed by atoms with Crippen molar-refractivity contribution in [3.8, 4) is 23.3 Å². The van der Waals surface area contributed by atoms with Crippen molar-refractivity contribution >= 4 is 21.6 Å². The van der Waals surface area contributed by atoms with E-state index in [1.165, 1.54) is 5.57 Å². The van der Waals surface area contributed by atoms with Crippen molar-refractivity contribution in [3.63, 3.8) is 0 Å². The van der Waals surface area contributed by atoms with Crippen LogP contribution in [0.1, 0.15) is 88.5 Å². The van der Waals surface area contributed by atoms with Crippen LogP contribution in [-0.2, 0) is 17.6 Å². The molecule has 0 bridgehead atoms. The number of aliphatic hydroxyl groups excluding tert-OH is 5. The molecular weight excluding hydrogens is 849 g/mol. The molecule has 0 unspecified atom stereocenters. The molecule has 11 N–H and O–H groups in total. The Morgan fingerprint density at radius 1 is 1.03 bits per heavy atom. The van der Waals surface area contributed by atoms with E-state index in [0.717, 1.165) is 53.7 Å². The van der Waals surface area contributed by atoms with Crippen LogP contribution in [-0.4, -0.2) is 117 Å². The Morgan fingerprint density at radius 3 is 2.61 bits per heavy atom. The summed E-state index contributed by atoms with van der Waals surface area (Å²) in [7, 11) is 3.26. The molecule has 2 aromatic rings. The quantitative estimate of drug-likeness (QED) is 0.0705. The van der Waals surface area contributed by atoms with Gasteiger partial charge in [0.25, 0.3) is 0 Å². The number of aromatic amines is 1. The number of hydrogen-bond donors (Lipinski definition) is 10. The average Bonchev–Trinajstić information content (AvgIpc) is 3.74. The van der Waals surface area contributed by atoms with Gasteiger partial charge in [0.15, 0.2) is 11.5 Å². The van der Waals surface area contributed by atoms with Crippen LogP contribution in [0.3, 0.4) is 0 Å². The number of aromatic nitrogens is 1. The van der Waals surface area contributed by atoms with Gasteiger partial charge < -0.3 is 61.5 Å². The van der Waals surface area contributed by atoms with Crippen LogP contribution < -0.4 is 21.1 Å². The lowest BCUT2D eigenvalue weighted by atomic mass is 9.70. The molecule has 0 amide bonds. The van der Waals surface area contributed by atoms with Crippen LogP contribution in [0.15, 0.2) is 65.2 Å². The topological polar surface area (TPSA) is 206 Å². The van der Waals surface area contributed by atoms with Gasteiger partial charge in [0.1, 0.15) is 11.9 Å². The SMILES string of the molecule is CC[C@@H]1C#C[C@H]2C=C3[C@H](CC)Cc4cc(O)c(O[C@H]5C[C@@H](Cc6ccc[nH]6)C6=CCNC(N)=C6CSSC[C@H](CO)[C@@H]5O)cc4[C@@H]3C[C@@H](O)[C@H]2[C@@H](OCCO)CC[C@@H](NC[C@H](C)O)C1. The van der Waals surface area contributed by atoms with E-state index in [2.05, 4.69) is 59.5 Å². The Morgan fingerprint density at radius 2 is 1.88 bits per heavy atom. The summed E-state index contributed by atoms with van der Waals surface area (Å²) >= 11 is 0. The third-order valence-corrected chi connectivity index (χ3v) is 16.7. The highest BCUT2D eigenvalue weighted by atomic mass is 33.1. The summed E-state index contributed by atoms with van der Waals surface area (Å²) in [4.78, 5) is 3.36. The number of aliphatic hydroxyl groups is 5. The number of rotatable bonds is 13. The predicted molar refractivity (Wildman–Crippen MR) is 256 cm³/mol. The molecule has 14 heteroatoms. The first-order chi connectivity index (χ1) is 31.0. The Labute approximate surface area is 387 Å². The van der Waals surface area contributed by atoms with E-state index in [4.69, 9.17) is 15.2 Å². The van der Waals surface area contributed by atoms with Crippen molar-refractivity contribution in [2.75, 3.05) is 44.4 Å². The lowest BCUT2D eigenvalue weighted by Gasteiger charge is -2.37. The van der Waals surface area contributed by atoms with E-state index in [-0.39, 0.29) is 79.0 Å². The van der Waals surface area contributed by atoms with Crippen LogP contribution in [0.2, 0.25) is 0 Å². The van der Waals surface area contributed by atoms with Crippen molar-refractivity contribution in [2.24, 2.45) is 41.2 Å². The van der Waals surface area contributed by atoms with E-state index in [1.54, 1.807) is 28.5 Å². The van der Waals surface area contributed by atoms with E-state index >= 15 is 0 Å². The van der Waals surface area contributed by atoms with Crippen LogP contribution in [0.4, 0.5) is 0 Å². The number of hydrogen-bond acceptors (Lipinski definition) is 13. The van der Waals surface area contributed by atoms with Crippen molar-refractivity contribution in [3.05, 3.63) is 82.0 Å². The maximum absolute atomic E-state index is 12.5. The Balaban J connectivity index is 1.26. The predicted octanol–water partition coefficient (Wildman–Crippen LogP) is 5.30. The maximum atomic E-state index is 12.5. The van der Waals surface area contributed by atoms with E-state index in [9.17, 15) is 30.6 Å². The monoisotopic (exact) mass is 920 g/mol. The molecule has 1 aromatic heterocycles. The van der Waals surface area contributed by atoms with Crippen molar-refractivity contribution < 1.29 is 40.1 Å². The summed E-state index contributed by atoms with van der Waals surface area (Å²) in [5.41, 5.74) is 13.0. The van der Waals surface area contributed by atoms with Gasteiger partial charge in [-0.15, -0.1) is 0 Å². The standard InChI is InChI=1S/C50H72N4O8S2/c1-4-30-8-9-32-20-39-31(5-2)18-33-21-43(58)46(24-40(33)41(39)23-44(59)48(32)45(61-16-15-55)11-10-37(17-30)54-25-29(3)57)62-47-22-34(19-36-7-6-13-52-36)38-12-14-53-50(51)42(38)28-64-63-27-35(26-56)49(47)60/h6-7,12-13,20-21,24,29-32,34-35,37,41,44-45,47-49,52-60H,4-5,10-11,14-19,22-23,25-28,51H2,1-3H3/t29-,30+,31+,32-,34+,35-,37+,41+,44+,45-,47-,48-,49-/m0/s1. The van der Waals surface area contributed by atoms with Gasteiger partial charge in [-0.05, 0) is 118 Å². The largest absolute Gasteiger partial charge is 0.504 e. The normalized spacial score (nSPS) is 32.9. The molecule has 1 saturated heterocycles. The first-order valence-corrected chi connectivity index (χ1v) is 26.2. The van der Waals surface area contributed by atoms with Gasteiger partial charge in [-0.2, -0.15) is 0 Å². The molecule has 1 aromatic carbocycles. The van der Waals surface area contributed by atoms with Gasteiger partial charge in [0.05, 0.1) is 37.6 Å². The molecule has 13 atom stereocenters. The van der Waals surface area contributed by atoms with Crippen molar-refractivity contribution in [2.45, 2.75) is 121 Å². The fourth-order valence-corrected chi connectivity index (χ4v) is 13.3. The molecule has 3 aliphatic carbocycles. The number of aromatic hydroxyl groups is 1. The molecule has 1 fully saturated rings. The number of nitrogens with one attached hydrogen (secondary N) is 3. The summed E-state index contributed by atoms with van der Waals surface area (Å²) in [6.07, 6.45) is 9.20. The molecular formula is C50H72N4O8S2. The van der Waals surface area contributed by atoms with Gasteiger partial charge in [-0.3, -0.25) is 0 Å². The minimum Gasteiger partial charge on any atom is -0.504 e. The van der Waals surface area contributed by atoms with Gasteiger partial charge in [-0.1, -0.05) is 65.0 Å². The zero-order valence-electron chi connectivity index (χ0n) is 37.8. The fraction of sp³-hybridized carbons (Fsp3) is 0.640. The van der Waals surface area contributed by atoms with E-state index in [0.29, 0.717) is 62.5 Å². The zero-order chi connectivity index (χ0) is 45.3. The van der Waals surface area contributed by atoms with Crippen LogP contribution in [0.5, 0.6) is 11.5 Å². The molecule has 64 heavy (non-hydrogen) atoms. The van der Waals surface area contributed by atoms with Gasteiger partial charge >= 0.3 is 0 Å². The maximum Gasteiger partial charge on any atom is 0.161 e. The van der Waals surface area contributed by atoms with E-state index in [1.807, 2.05) is 24.4 Å². The zero-order valence-corrected chi connectivity index (χ0v) is 39.4. The second kappa shape index (κ2) is 23.1. The van der Waals surface area contributed by atoms with Crippen LogP contribution in [0, 0.1) is 47.3 Å². The number of allylic oxidation sites excluding steroid dienone is 3. The number of dihydropyridines is 1. The highest BCUT2D eigenvalue weighted by Gasteiger charge is 2.44. The van der Waals surface area contributed by atoms with Crippen molar-refractivity contribution in [1.82, 2.24) is 15.6 Å². The average molecular weight is 921 g/mol. The highest BCUT2D eigenvalue weighted by molar-refractivity contribution is 8.76. The van der Waals surface area contributed by atoms with E-state index < -0.39 is 30.3 Å². The van der Waals surface area contributed by atoms with Gasteiger partial charge in [0, 0.05) is 84.3 Å². The van der Waals surface area contributed by atoms with Gasteiger partial charge in [0.2, 0.25) is 0 Å². The minimum absolute atomic E-state index is 0.00382. The lowest BCUT2D eigenvalue weighted by Crippen LogP contribution is -2.42. The molecule has 2 aliphatic heterocycles. The van der Waals surface area contributed by atoms with Gasteiger partial charge in [-0.25, -0.2) is 0 Å². The number of nitrogens with two attached hydrogens (primary N) is 1. The molecule has 352 valence electrons. The number of phenolic OH excluding ortho intramolecular Hbond substituents is 1. The first-order valence-electron chi connectivity index (χ1n) is 23.7. The Hall–Kier alpha value is -3.10. The molecule has 0 radical (unpaired) electrons. The number of benzene rings is 1. The number of fused-ring (bicyclic) bond motifs is 5. The third-order valence-electron chi connectivity index (χ3n) is 14.3. The summed E-state index contributed by atoms with van der Waals surface area (Å²) < 4.78 is 13.3. The molecule has 12 nitrogen and oxygen atoms in total. The van der Waals surface area contributed by atoms with Crippen LogP contribution in [0.25, 0.3) is 0 Å². The number of phenols is 1. The Bertz CT molecular complexity index is 2000. The van der Waals surface area contributed by atoms with Crippen LogP contribution >= 0.6 is 21.6 Å². The number of H-pyrrole nitrogens is 1. The summed E-state index contributed by atoms with van der Waals surface area (Å²) in [5.74, 6) is 8.32. The summed E-state index contributed by atoms with van der Waals surface area (Å²) in [6, 6.07) is 7.91. The fourth-order valence-electron chi connectivity index (χ4n) is 10.8. The molecule has 0 saturated carbocycles. The number of ether oxygens (including phenoxy) is 2. The molecule has 5 aliphatic rings. The third kappa shape index (κ3) is 11.7. The Kier molecular flexibility index (Phi) is 17.6. The summed E-state index contributed by atoms with van der Waals surface area (Å²) in [5, 5.41) is 74.1. The molecule has 0 spiro atoms. The molecule has 3 heterocycles. The molecule has 7 rings (SSSR count).